The average Bonchev–Trinajstić information content (AvgIpc) is 2.68. The third-order valence-electron chi connectivity index (χ3n) is 4.82. The summed E-state index contributed by atoms with van der Waals surface area (Å²) in [6, 6.07) is 6.10. The monoisotopic (exact) mass is 360 g/mol. The van der Waals surface area contributed by atoms with E-state index in [1.54, 1.807) is 0 Å². The molecule has 1 aromatic rings. The summed E-state index contributed by atoms with van der Waals surface area (Å²) in [4.78, 5) is 0. The molecule has 0 amide bonds. The van der Waals surface area contributed by atoms with E-state index < -0.39 is 0 Å². The smallest absolute Gasteiger partial charge is 0.252 e. The van der Waals surface area contributed by atoms with Crippen molar-refractivity contribution >= 4 is 0 Å². The lowest BCUT2D eigenvalue weighted by molar-refractivity contribution is -0.732. The molecule has 0 unspecified atom stereocenters. The van der Waals surface area contributed by atoms with Gasteiger partial charge in [0.25, 0.3) is 6.73 Å². The standard InChI is InChI=1S/C24H42NO/c1-2-3-4-5-6-7-8-9-10-11-12-13-14-15-16-20-23-26-24-25-21-18-17-19-22-25/h9-10,17-19,21-22H,2-8,11-16,20,23-24H2,1H3/q+1/b10-9-. The van der Waals surface area contributed by atoms with Crippen LogP contribution in [0.1, 0.15) is 96.8 Å². The molecule has 0 aliphatic carbocycles. The number of ether oxygens (including phenoxy) is 1. The van der Waals surface area contributed by atoms with Crippen LogP contribution < -0.4 is 4.57 Å². The van der Waals surface area contributed by atoms with Crippen molar-refractivity contribution in [2.75, 3.05) is 6.61 Å². The summed E-state index contributed by atoms with van der Waals surface area (Å²) in [5, 5.41) is 0. The third-order valence-corrected chi connectivity index (χ3v) is 4.82. The van der Waals surface area contributed by atoms with E-state index >= 15 is 0 Å². The Bertz CT molecular complexity index is 415. The van der Waals surface area contributed by atoms with Gasteiger partial charge in [-0.25, -0.2) is 0 Å². The summed E-state index contributed by atoms with van der Waals surface area (Å²) < 4.78 is 7.76. The molecule has 1 aromatic heterocycles. The number of hydrogen-bond donors (Lipinski definition) is 0. The van der Waals surface area contributed by atoms with Crippen LogP contribution in [0.2, 0.25) is 0 Å². The highest BCUT2D eigenvalue weighted by molar-refractivity contribution is 4.83. The van der Waals surface area contributed by atoms with E-state index in [-0.39, 0.29) is 0 Å². The Kier molecular flexibility index (Phi) is 16.4. The molecule has 0 bridgehead atoms. The molecule has 0 spiro atoms. The van der Waals surface area contributed by atoms with Crippen LogP contribution >= 0.6 is 0 Å². The second-order valence-electron chi connectivity index (χ2n) is 7.36. The normalized spacial score (nSPS) is 11.4. The number of unbranched alkanes of at least 4 members (excludes halogenated alkanes) is 12. The maximum absolute atomic E-state index is 5.69. The van der Waals surface area contributed by atoms with Gasteiger partial charge in [0.15, 0.2) is 12.4 Å². The summed E-state index contributed by atoms with van der Waals surface area (Å²) >= 11 is 0. The first-order valence-electron chi connectivity index (χ1n) is 11.1. The van der Waals surface area contributed by atoms with Gasteiger partial charge in [-0.05, 0) is 32.1 Å². The molecule has 0 aliphatic heterocycles. The van der Waals surface area contributed by atoms with Crippen LogP contribution in [0, 0.1) is 0 Å². The second kappa shape index (κ2) is 18.6. The fraction of sp³-hybridized carbons (Fsp3) is 0.708. The SMILES string of the molecule is CCCCCCCC/C=C\CCCCCCCCOC[n+]1ccccc1. The average molecular weight is 361 g/mol. The highest BCUT2D eigenvalue weighted by Gasteiger charge is 1.97. The van der Waals surface area contributed by atoms with Crippen molar-refractivity contribution in [3.8, 4) is 0 Å². The molecule has 0 saturated carbocycles. The molecular formula is C24H42NO+. The van der Waals surface area contributed by atoms with Crippen LogP contribution in [0.4, 0.5) is 0 Å². The van der Waals surface area contributed by atoms with Gasteiger partial charge in [-0.15, -0.1) is 0 Å². The van der Waals surface area contributed by atoms with Gasteiger partial charge in [0.05, 0.1) is 6.61 Å². The second-order valence-corrected chi connectivity index (χ2v) is 7.36. The van der Waals surface area contributed by atoms with Crippen LogP contribution in [0.3, 0.4) is 0 Å². The zero-order chi connectivity index (χ0) is 18.5. The third kappa shape index (κ3) is 15.1. The Balaban J connectivity index is 1.73. The Morgan fingerprint density at radius 3 is 1.81 bits per heavy atom. The van der Waals surface area contributed by atoms with Crippen molar-refractivity contribution in [2.24, 2.45) is 0 Å². The van der Waals surface area contributed by atoms with E-state index in [1.807, 2.05) is 30.6 Å². The van der Waals surface area contributed by atoms with Gasteiger partial charge in [0.1, 0.15) is 0 Å². The van der Waals surface area contributed by atoms with Gasteiger partial charge in [0, 0.05) is 12.1 Å². The molecule has 0 aliphatic rings. The van der Waals surface area contributed by atoms with Gasteiger partial charge in [0.2, 0.25) is 0 Å². The van der Waals surface area contributed by atoms with Gasteiger partial charge < -0.3 is 4.74 Å². The first-order chi connectivity index (χ1) is 12.9. The number of aromatic nitrogens is 1. The highest BCUT2D eigenvalue weighted by atomic mass is 16.5. The molecule has 2 nitrogen and oxygen atoms in total. The van der Waals surface area contributed by atoms with Crippen molar-refractivity contribution in [3.05, 3.63) is 42.7 Å². The van der Waals surface area contributed by atoms with Crippen LogP contribution in [0.5, 0.6) is 0 Å². The van der Waals surface area contributed by atoms with E-state index in [2.05, 4.69) is 23.6 Å². The Morgan fingerprint density at radius 1 is 0.654 bits per heavy atom. The zero-order valence-corrected chi connectivity index (χ0v) is 17.2. The van der Waals surface area contributed by atoms with Crippen LogP contribution in [0.15, 0.2) is 42.7 Å². The van der Waals surface area contributed by atoms with Crippen molar-refractivity contribution in [2.45, 2.75) is 104 Å². The van der Waals surface area contributed by atoms with Crippen molar-refractivity contribution in [1.29, 1.82) is 0 Å². The van der Waals surface area contributed by atoms with E-state index in [1.165, 1.54) is 89.9 Å². The fourth-order valence-corrected chi connectivity index (χ4v) is 3.14. The Labute approximate surface area is 162 Å². The lowest BCUT2D eigenvalue weighted by Gasteiger charge is -2.02. The minimum atomic E-state index is 0.673. The summed E-state index contributed by atoms with van der Waals surface area (Å²) in [5.74, 6) is 0. The van der Waals surface area contributed by atoms with E-state index in [9.17, 15) is 0 Å². The molecule has 0 fully saturated rings. The maximum Gasteiger partial charge on any atom is 0.252 e. The first-order valence-corrected chi connectivity index (χ1v) is 11.1. The molecule has 26 heavy (non-hydrogen) atoms. The van der Waals surface area contributed by atoms with E-state index in [4.69, 9.17) is 4.74 Å². The lowest BCUT2D eigenvalue weighted by Crippen LogP contribution is -2.33. The quantitative estimate of drug-likeness (QED) is 0.156. The van der Waals surface area contributed by atoms with E-state index in [0.29, 0.717) is 6.73 Å². The molecule has 0 saturated heterocycles. The van der Waals surface area contributed by atoms with Crippen molar-refractivity contribution < 1.29 is 9.30 Å². The van der Waals surface area contributed by atoms with Crippen LogP contribution in [-0.4, -0.2) is 6.61 Å². The van der Waals surface area contributed by atoms with Crippen molar-refractivity contribution in [1.82, 2.24) is 0 Å². The first kappa shape index (κ1) is 22.9. The number of hydrogen-bond acceptors (Lipinski definition) is 1. The highest BCUT2D eigenvalue weighted by Crippen LogP contribution is 2.09. The van der Waals surface area contributed by atoms with Crippen LogP contribution in [-0.2, 0) is 11.5 Å². The molecular weight excluding hydrogens is 318 g/mol. The van der Waals surface area contributed by atoms with Gasteiger partial charge in [-0.1, -0.05) is 82.9 Å². The molecule has 148 valence electrons. The maximum atomic E-state index is 5.69. The van der Waals surface area contributed by atoms with Gasteiger partial charge in [-0.3, -0.25) is 0 Å². The predicted molar refractivity (Wildman–Crippen MR) is 112 cm³/mol. The number of allylic oxidation sites excluding steroid dienone is 2. The summed E-state index contributed by atoms with van der Waals surface area (Å²) in [7, 11) is 0. The lowest BCUT2D eigenvalue weighted by atomic mass is 10.1. The number of nitrogens with zero attached hydrogens (tertiary/aromatic N) is 1. The largest absolute Gasteiger partial charge is 0.323 e. The molecule has 0 radical (unpaired) electrons. The molecule has 0 aromatic carbocycles. The van der Waals surface area contributed by atoms with E-state index in [0.717, 1.165) is 6.61 Å². The van der Waals surface area contributed by atoms with Gasteiger partial charge >= 0.3 is 0 Å². The van der Waals surface area contributed by atoms with Gasteiger partial charge in [-0.2, -0.15) is 4.57 Å². The molecule has 1 rings (SSSR count). The summed E-state index contributed by atoms with van der Waals surface area (Å²) in [6.07, 6.45) is 27.8. The minimum absolute atomic E-state index is 0.673. The minimum Gasteiger partial charge on any atom is -0.323 e. The van der Waals surface area contributed by atoms with Crippen LogP contribution in [0.25, 0.3) is 0 Å². The zero-order valence-electron chi connectivity index (χ0n) is 17.2. The molecule has 2 heteroatoms. The Hall–Kier alpha value is -1.15. The topological polar surface area (TPSA) is 13.1 Å². The predicted octanol–water partition coefficient (Wildman–Crippen LogP) is 6.99. The molecule has 0 atom stereocenters. The van der Waals surface area contributed by atoms with Crippen molar-refractivity contribution in [3.63, 3.8) is 0 Å². The fourth-order valence-electron chi connectivity index (χ4n) is 3.14. The Morgan fingerprint density at radius 2 is 1.19 bits per heavy atom. The number of pyridine rings is 1. The summed E-state index contributed by atoms with van der Waals surface area (Å²) in [5.41, 5.74) is 0. The summed E-state index contributed by atoms with van der Waals surface area (Å²) in [6.45, 7) is 3.83. The number of rotatable bonds is 18. The molecule has 1 heterocycles. The molecule has 0 N–H and O–H groups in total.